The van der Waals surface area contributed by atoms with Crippen LogP contribution in [0.5, 0.6) is 0 Å². The van der Waals surface area contributed by atoms with Crippen LogP contribution in [-0.2, 0) is 17.1 Å². The number of carbonyl (C=O) groups excluding carboxylic acids is 1. The molecule has 0 aromatic heterocycles. The Balaban J connectivity index is 3.27. The van der Waals surface area contributed by atoms with Crippen molar-refractivity contribution >= 4 is 11.6 Å². The van der Waals surface area contributed by atoms with Gasteiger partial charge in [-0.1, -0.05) is 0 Å². The van der Waals surface area contributed by atoms with E-state index in [1.54, 1.807) is 5.32 Å². The highest BCUT2D eigenvalue weighted by atomic mass is 19.4. The lowest BCUT2D eigenvalue weighted by Crippen LogP contribution is -2.44. The van der Waals surface area contributed by atoms with Crippen molar-refractivity contribution in [1.82, 2.24) is 0 Å². The highest BCUT2D eigenvalue weighted by Gasteiger charge is 2.44. The maximum Gasteiger partial charge on any atom is 0.417 e. The Bertz CT molecular complexity index is 637. The van der Waals surface area contributed by atoms with Gasteiger partial charge in [0.2, 0.25) is 0 Å². The van der Waals surface area contributed by atoms with Gasteiger partial charge >= 0.3 is 18.3 Å². The molecule has 0 spiro atoms. The summed E-state index contributed by atoms with van der Waals surface area (Å²) in [5.74, 6) is -1.27. The van der Waals surface area contributed by atoms with Crippen LogP contribution in [0.2, 0.25) is 0 Å². The van der Waals surface area contributed by atoms with E-state index in [2.05, 4.69) is 0 Å². The lowest BCUT2D eigenvalue weighted by Gasteiger charge is -2.18. The SMILES string of the molecule is CC(C)(C(=O)Nc1ccc(C(F)(F)F)c(C(F)(F)F)c1)[N+](=O)[O-]. The van der Waals surface area contributed by atoms with Gasteiger partial charge < -0.3 is 5.32 Å². The van der Waals surface area contributed by atoms with Gasteiger partial charge in [0.05, 0.1) is 11.1 Å². The smallest absolute Gasteiger partial charge is 0.320 e. The lowest BCUT2D eigenvalue weighted by molar-refractivity contribution is -0.542. The molecule has 1 amide bonds. The Morgan fingerprint density at radius 2 is 1.52 bits per heavy atom. The topological polar surface area (TPSA) is 72.2 Å². The summed E-state index contributed by atoms with van der Waals surface area (Å²) >= 11 is 0. The molecule has 0 bridgehead atoms. The molecule has 1 aromatic rings. The molecule has 0 atom stereocenters. The molecular weight excluding hydrogens is 334 g/mol. The van der Waals surface area contributed by atoms with E-state index in [4.69, 9.17) is 0 Å². The number of halogens is 6. The van der Waals surface area contributed by atoms with E-state index >= 15 is 0 Å². The van der Waals surface area contributed by atoms with Gasteiger partial charge in [-0.3, -0.25) is 14.9 Å². The molecule has 1 N–H and O–H groups in total. The van der Waals surface area contributed by atoms with Crippen LogP contribution in [0.4, 0.5) is 32.0 Å². The van der Waals surface area contributed by atoms with Crippen LogP contribution in [0.1, 0.15) is 25.0 Å². The number of carbonyl (C=O) groups is 1. The van der Waals surface area contributed by atoms with Crippen LogP contribution in [0, 0.1) is 10.1 Å². The second-order valence-electron chi connectivity index (χ2n) is 5.03. The van der Waals surface area contributed by atoms with Crippen LogP contribution in [0.3, 0.4) is 0 Å². The van der Waals surface area contributed by atoms with E-state index in [9.17, 15) is 41.3 Å². The van der Waals surface area contributed by atoms with Gasteiger partial charge in [0.15, 0.2) is 0 Å². The highest BCUT2D eigenvalue weighted by molar-refractivity contribution is 5.96. The standard InChI is InChI=1S/C12H10F6N2O3/c1-10(2,20(22)23)9(21)19-6-3-4-7(11(13,14)15)8(5-6)12(16,17)18/h3-5H,1-2H3,(H,19,21). The van der Waals surface area contributed by atoms with Crippen LogP contribution in [0.25, 0.3) is 0 Å². The van der Waals surface area contributed by atoms with Crippen molar-refractivity contribution in [1.29, 1.82) is 0 Å². The first kappa shape index (κ1) is 18.7. The van der Waals surface area contributed by atoms with Gasteiger partial charge in [-0.2, -0.15) is 26.3 Å². The molecule has 0 aliphatic heterocycles. The predicted octanol–water partition coefficient (Wildman–Crippen LogP) is 3.72. The van der Waals surface area contributed by atoms with Crippen molar-refractivity contribution < 1.29 is 36.1 Å². The number of rotatable bonds is 3. The number of nitrogens with zero attached hydrogens (tertiary/aromatic N) is 1. The fraction of sp³-hybridized carbons (Fsp3) is 0.417. The zero-order valence-corrected chi connectivity index (χ0v) is 11.7. The van der Waals surface area contributed by atoms with E-state index in [1.165, 1.54) is 0 Å². The number of amides is 1. The highest BCUT2D eigenvalue weighted by Crippen LogP contribution is 2.41. The molecule has 1 aromatic carbocycles. The first-order valence-corrected chi connectivity index (χ1v) is 5.91. The molecule has 128 valence electrons. The molecule has 11 heteroatoms. The summed E-state index contributed by atoms with van der Waals surface area (Å²) in [6.45, 7) is 1.80. The predicted molar refractivity (Wildman–Crippen MR) is 66.1 cm³/mol. The Morgan fingerprint density at radius 3 is 1.91 bits per heavy atom. The third kappa shape index (κ3) is 4.11. The third-order valence-electron chi connectivity index (χ3n) is 2.90. The van der Waals surface area contributed by atoms with Crippen molar-refractivity contribution in [2.75, 3.05) is 5.32 Å². The Labute approximate surface area is 125 Å². The van der Waals surface area contributed by atoms with Crippen LogP contribution in [-0.4, -0.2) is 16.4 Å². The summed E-state index contributed by atoms with van der Waals surface area (Å²) in [4.78, 5) is 21.4. The minimum Gasteiger partial charge on any atom is -0.320 e. The van der Waals surface area contributed by atoms with Crippen LogP contribution >= 0.6 is 0 Å². The second kappa shape index (κ2) is 5.70. The molecule has 23 heavy (non-hydrogen) atoms. The zero-order chi connectivity index (χ0) is 18.2. The first-order chi connectivity index (χ1) is 10.2. The fourth-order valence-corrected chi connectivity index (χ4v) is 1.47. The summed E-state index contributed by atoms with van der Waals surface area (Å²) in [6.07, 6.45) is -10.6. The molecule has 0 unspecified atom stereocenters. The largest absolute Gasteiger partial charge is 0.417 e. The minimum absolute atomic E-state index is 0.0801. The summed E-state index contributed by atoms with van der Waals surface area (Å²) in [7, 11) is 0. The average molecular weight is 344 g/mol. The Morgan fingerprint density at radius 1 is 1.04 bits per heavy atom. The van der Waals surface area contributed by atoms with E-state index in [-0.39, 0.29) is 12.1 Å². The number of hydrogen-bond donors (Lipinski definition) is 1. The normalized spacial score (nSPS) is 12.9. The summed E-state index contributed by atoms with van der Waals surface area (Å²) in [5.41, 5.74) is -6.72. The monoisotopic (exact) mass is 344 g/mol. The van der Waals surface area contributed by atoms with Crippen LogP contribution in [0.15, 0.2) is 18.2 Å². The molecule has 0 fully saturated rings. The number of hydrogen-bond acceptors (Lipinski definition) is 3. The van der Waals surface area contributed by atoms with Crippen molar-refractivity contribution in [2.24, 2.45) is 0 Å². The van der Waals surface area contributed by atoms with Gasteiger partial charge in [-0.05, 0) is 18.2 Å². The van der Waals surface area contributed by atoms with Crippen molar-refractivity contribution in [3.8, 4) is 0 Å². The molecule has 0 heterocycles. The summed E-state index contributed by atoms with van der Waals surface area (Å²) in [6, 6.07) is 0.820. The van der Waals surface area contributed by atoms with Crippen molar-refractivity contribution in [3.05, 3.63) is 39.4 Å². The van der Waals surface area contributed by atoms with Crippen molar-refractivity contribution in [3.63, 3.8) is 0 Å². The van der Waals surface area contributed by atoms with E-state index < -0.39 is 45.5 Å². The number of alkyl halides is 6. The molecule has 5 nitrogen and oxygen atoms in total. The first-order valence-electron chi connectivity index (χ1n) is 5.91. The van der Waals surface area contributed by atoms with E-state index in [1.807, 2.05) is 0 Å². The number of benzene rings is 1. The fourth-order valence-electron chi connectivity index (χ4n) is 1.47. The maximum atomic E-state index is 12.7. The van der Waals surface area contributed by atoms with Gasteiger partial charge in [-0.25, -0.2) is 0 Å². The number of anilines is 1. The maximum absolute atomic E-state index is 12.7. The summed E-state index contributed by atoms with van der Waals surface area (Å²) in [5, 5.41) is 12.5. The lowest BCUT2D eigenvalue weighted by atomic mass is 10.0. The van der Waals surface area contributed by atoms with Gasteiger partial charge in [0, 0.05) is 24.5 Å². The van der Waals surface area contributed by atoms with Gasteiger partial charge in [0.25, 0.3) is 5.54 Å². The average Bonchev–Trinajstić information content (AvgIpc) is 2.35. The third-order valence-corrected chi connectivity index (χ3v) is 2.90. The Hall–Kier alpha value is -2.33. The molecule has 0 aliphatic rings. The van der Waals surface area contributed by atoms with E-state index in [0.717, 1.165) is 13.8 Å². The molecular formula is C12H10F6N2O3. The second-order valence-corrected chi connectivity index (χ2v) is 5.03. The van der Waals surface area contributed by atoms with Gasteiger partial charge in [0.1, 0.15) is 0 Å². The quantitative estimate of drug-likeness (QED) is 0.516. The molecule has 0 saturated carbocycles. The van der Waals surface area contributed by atoms with Crippen LogP contribution < -0.4 is 5.32 Å². The number of nitro groups is 1. The van der Waals surface area contributed by atoms with Gasteiger partial charge in [-0.15, -0.1) is 0 Å². The molecule has 0 aliphatic carbocycles. The zero-order valence-electron chi connectivity index (χ0n) is 11.7. The summed E-state index contributed by atoms with van der Waals surface area (Å²) < 4.78 is 76.0. The van der Waals surface area contributed by atoms with E-state index in [0.29, 0.717) is 6.07 Å². The minimum atomic E-state index is -5.32. The van der Waals surface area contributed by atoms with Crippen molar-refractivity contribution in [2.45, 2.75) is 31.7 Å². The molecule has 0 saturated heterocycles. The molecule has 1 rings (SSSR count). The molecule has 0 radical (unpaired) electrons. The Kier molecular flexibility index (Phi) is 4.64. The number of nitrogens with one attached hydrogen (secondary N) is 1.